The minimum Gasteiger partial charge on any atom is -0.462 e. The van der Waals surface area contributed by atoms with Gasteiger partial charge in [0, 0.05) is 19.3 Å². The fraction of sp³-hybridized carbons (Fsp3) is 0.952. The number of carbonyl (C=O) groups excluding carboxylic acids is 3. The lowest BCUT2D eigenvalue weighted by atomic mass is 9.99. The number of ether oxygens (including phenoxy) is 3. The minimum atomic E-state index is -0.764. The third-order valence-corrected chi connectivity index (χ3v) is 14.5. The average Bonchev–Trinajstić information content (AvgIpc) is 3.31. The van der Waals surface area contributed by atoms with E-state index in [0.29, 0.717) is 19.3 Å². The Morgan fingerprint density at radius 2 is 0.515 bits per heavy atom. The number of rotatable bonds is 55. The van der Waals surface area contributed by atoms with E-state index in [0.717, 1.165) is 75.5 Å². The molecule has 0 saturated heterocycles. The molecule has 404 valence electrons. The Kier molecular flexibility index (Phi) is 52.0. The molecule has 0 N–H and O–H groups in total. The Labute approximate surface area is 425 Å². The van der Waals surface area contributed by atoms with Crippen LogP contribution in [0.1, 0.15) is 343 Å². The maximum absolute atomic E-state index is 12.8. The predicted molar refractivity (Wildman–Crippen MR) is 293 cm³/mol. The Hall–Kier alpha value is -1.59. The van der Waals surface area contributed by atoms with E-state index in [4.69, 9.17) is 14.2 Å². The molecule has 6 heteroatoms. The second kappa shape index (κ2) is 53.2. The highest BCUT2D eigenvalue weighted by Crippen LogP contribution is 2.19. The first kappa shape index (κ1) is 66.4. The van der Waals surface area contributed by atoms with Crippen LogP contribution in [0.4, 0.5) is 0 Å². The zero-order valence-electron chi connectivity index (χ0n) is 46.9. The SMILES string of the molecule is CCC(C)CCCCCCCCCCCCCCCCCCCCC(=O)OC[C@H](COC(=O)CCCCCCCCCCCCCCCCCC(C)C)OC(=O)CCCCCCCCCC(C)C. The highest BCUT2D eigenvalue weighted by Gasteiger charge is 2.19. The molecular weight excluding hydrogens is 841 g/mol. The van der Waals surface area contributed by atoms with Crippen molar-refractivity contribution in [3.05, 3.63) is 0 Å². The Balaban J connectivity index is 4.17. The summed E-state index contributed by atoms with van der Waals surface area (Å²) >= 11 is 0. The normalized spacial score (nSPS) is 12.5. The van der Waals surface area contributed by atoms with Gasteiger partial charge in [-0.3, -0.25) is 14.4 Å². The molecule has 0 aromatic rings. The van der Waals surface area contributed by atoms with Crippen molar-refractivity contribution in [2.45, 2.75) is 349 Å². The summed E-state index contributed by atoms with van der Waals surface area (Å²) in [6.07, 6.45) is 56.8. The van der Waals surface area contributed by atoms with E-state index in [-0.39, 0.29) is 31.1 Å². The van der Waals surface area contributed by atoms with Gasteiger partial charge in [-0.25, -0.2) is 0 Å². The summed E-state index contributed by atoms with van der Waals surface area (Å²) in [5.74, 6) is 1.69. The molecular formula is C62H120O6. The third-order valence-electron chi connectivity index (χ3n) is 14.5. The van der Waals surface area contributed by atoms with Crippen molar-refractivity contribution in [2.75, 3.05) is 13.2 Å². The van der Waals surface area contributed by atoms with Crippen LogP contribution >= 0.6 is 0 Å². The van der Waals surface area contributed by atoms with Crippen LogP contribution < -0.4 is 0 Å². The Morgan fingerprint density at radius 1 is 0.294 bits per heavy atom. The molecule has 0 fully saturated rings. The van der Waals surface area contributed by atoms with Gasteiger partial charge in [0.05, 0.1) is 0 Å². The molecule has 68 heavy (non-hydrogen) atoms. The van der Waals surface area contributed by atoms with Gasteiger partial charge in [-0.2, -0.15) is 0 Å². The van der Waals surface area contributed by atoms with E-state index in [9.17, 15) is 14.4 Å². The third kappa shape index (κ3) is 53.8. The quantitative estimate of drug-likeness (QED) is 0.0343. The molecule has 0 aromatic heterocycles. The maximum atomic E-state index is 12.8. The summed E-state index contributed by atoms with van der Waals surface area (Å²) in [6, 6.07) is 0. The zero-order chi connectivity index (χ0) is 49.8. The molecule has 0 saturated carbocycles. The van der Waals surface area contributed by atoms with E-state index in [1.54, 1.807) is 0 Å². The molecule has 0 heterocycles. The molecule has 0 aliphatic heterocycles. The van der Waals surface area contributed by atoms with Crippen LogP contribution in [-0.4, -0.2) is 37.2 Å². The molecule has 0 amide bonds. The lowest BCUT2D eigenvalue weighted by Crippen LogP contribution is -2.30. The van der Waals surface area contributed by atoms with Crippen LogP contribution in [-0.2, 0) is 28.6 Å². The van der Waals surface area contributed by atoms with E-state index < -0.39 is 6.10 Å². The molecule has 0 radical (unpaired) electrons. The van der Waals surface area contributed by atoms with Crippen molar-refractivity contribution in [2.24, 2.45) is 17.8 Å². The largest absolute Gasteiger partial charge is 0.462 e. The topological polar surface area (TPSA) is 78.9 Å². The van der Waals surface area contributed by atoms with Crippen molar-refractivity contribution < 1.29 is 28.6 Å². The molecule has 0 aliphatic rings. The Bertz CT molecular complexity index is 1060. The summed E-state index contributed by atoms with van der Waals surface area (Å²) in [5, 5.41) is 0. The van der Waals surface area contributed by atoms with Crippen molar-refractivity contribution in [1.82, 2.24) is 0 Å². The molecule has 0 rings (SSSR count). The first-order chi connectivity index (χ1) is 33.1. The average molecular weight is 962 g/mol. The fourth-order valence-corrected chi connectivity index (χ4v) is 9.50. The monoisotopic (exact) mass is 961 g/mol. The first-order valence-electron chi connectivity index (χ1n) is 30.6. The van der Waals surface area contributed by atoms with Gasteiger partial charge in [0.25, 0.3) is 0 Å². The van der Waals surface area contributed by atoms with Crippen LogP contribution in [0, 0.1) is 17.8 Å². The number of hydrogen-bond donors (Lipinski definition) is 0. The summed E-state index contributed by atoms with van der Waals surface area (Å²) in [4.78, 5) is 38.1. The summed E-state index contributed by atoms with van der Waals surface area (Å²) in [5.41, 5.74) is 0. The van der Waals surface area contributed by atoms with Gasteiger partial charge >= 0.3 is 17.9 Å². The summed E-state index contributed by atoms with van der Waals surface area (Å²) < 4.78 is 16.9. The van der Waals surface area contributed by atoms with Crippen molar-refractivity contribution in [3.63, 3.8) is 0 Å². The summed E-state index contributed by atoms with van der Waals surface area (Å²) in [7, 11) is 0. The first-order valence-corrected chi connectivity index (χ1v) is 30.6. The predicted octanol–water partition coefficient (Wildman–Crippen LogP) is 20.3. The smallest absolute Gasteiger partial charge is 0.306 e. The molecule has 0 aromatic carbocycles. The lowest BCUT2D eigenvalue weighted by molar-refractivity contribution is -0.167. The molecule has 1 unspecified atom stereocenters. The van der Waals surface area contributed by atoms with E-state index in [1.165, 1.54) is 225 Å². The van der Waals surface area contributed by atoms with E-state index in [2.05, 4.69) is 41.5 Å². The van der Waals surface area contributed by atoms with Crippen molar-refractivity contribution in [1.29, 1.82) is 0 Å². The van der Waals surface area contributed by atoms with Gasteiger partial charge in [-0.05, 0) is 37.0 Å². The number of unbranched alkanes of at least 4 members (excludes halogenated alkanes) is 37. The minimum absolute atomic E-state index is 0.0640. The standard InChI is InChI=1S/C62H120O6/c1-7-58(6)50-44-38-32-26-22-18-14-10-8-9-11-15-19-23-27-33-39-45-51-60(63)66-54-59(68-62(65)53-47-41-35-29-31-37-43-49-57(4)5)55-67-61(64)52-46-40-34-28-24-20-16-12-13-17-21-25-30-36-42-48-56(2)3/h56-59H,7-55H2,1-6H3/t58?,59-/m1/s1. The molecule has 0 aliphatic carbocycles. The molecule has 0 spiro atoms. The van der Waals surface area contributed by atoms with Gasteiger partial charge in [0.1, 0.15) is 13.2 Å². The van der Waals surface area contributed by atoms with Crippen LogP contribution in [0.3, 0.4) is 0 Å². The van der Waals surface area contributed by atoms with Gasteiger partial charge in [0.2, 0.25) is 0 Å². The van der Waals surface area contributed by atoms with Crippen molar-refractivity contribution in [3.8, 4) is 0 Å². The molecule has 6 nitrogen and oxygen atoms in total. The zero-order valence-corrected chi connectivity index (χ0v) is 46.9. The maximum Gasteiger partial charge on any atom is 0.306 e. The van der Waals surface area contributed by atoms with Crippen LogP contribution in [0.25, 0.3) is 0 Å². The van der Waals surface area contributed by atoms with Gasteiger partial charge in [-0.1, -0.05) is 305 Å². The number of esters is 3. The second-order valence-corrected chi connectivity index (χ2v) is 22.5. The Morgan fingerprint density at radius 3 is 0.765 bits per heavy atom. The van der Waals surface area contributed by atoms with E-state index in [1.807, 2.05) is 0 Å². The van der Waals surface area contributed by atoms with Gasteiger partial charge in [0.15, 0.2) is 6.10 Å². The molecule has 0 bridgehead atoms. The van der Waals surface area contributed by atoms with Gasteiger partial charge in [-0.15, -0.1) is 0 Å². The van der Waals surface area contributed by atoms with Crippen LogP contribution in [0.5, 0.6) is 0 Å². The van der Waals surface area contributed by atoms with Gasteiger partial charge < -0.3 is 14.2 Å². The highest BCUT2D eigenvalue weighted by molar-refractivity contribution is 5.71. The fourth-order valence-electron chi connectivity index (χ4n) is 9.50. The highest BCUT2D eigenvalue weighted by atomic mass is 16.6. The van der Waals surface area contributed by atoms with Crippen LogP contribution in [0.15, 0.2) is 0 Å². The lowest BCUT2D eigenvalue weighted by Gasteiger charge is -2.18. The molecule has 2 atom stereocenters. The summed E-state index contributed by atoms with van der Waals surface area (Å²) in [6.45, 7) is 13.8. The number of hydrogen-bond acceptors (Lipinski definition) is 6. The number of carbonyl (C=O) groups is 3. The second-order valence-electron chi connectivity index (χ2n) is 22.5. The van der Waals surface area contributed by atoms with E-state index >= 15 is 0 Å². The van der Waals surface area contributed by atoms with Crippen LogP contribution in [0.2, 0.25) is 0 Å². The van der Waals surface area contributed by atoms with Crippen molar-refractivity contribution >= 4 is 17.9 Å².